The zero-order valence-electron chi connectivity index (χ0n) is 15.7. The summed E-state index contributed by atoms with van der Waals surface area (Å²) < 4.78 is 19.3. The van der Waals surface area contributed by atoms with Gasteiger partial charge in [0, 0.05) is 12.6 Å². The summed E-state index contributed by atoms with van der Waals surface area (Å²) in [6.45, 7) is 4.17. The molecule has 0 amide bonds. The zero-order chi connectivity index (χ0) is 19.2. The second kappa shape index (κ2) is 8.49. The smallest absolute Gasteiger partial charge is 0.226 e. The van der Waals surface area contributed by atoms with Crippen molar-refractivity contribution in [1.29, 1.82) is 0 Å². The first-order valence-corrected chi connectivity index (χ1v) is 8.80. The van der Waals surface area contributed by atoms with E-state index in [1.54, 1.807) is 32.4 Å². The van der Waals surface area contributed by atoms with Crippen LogP contribution in [0.4, 0.5) is 4.39 Å². The molecule has 0 radical (unpaired) electrons. The number of aliphatic imine (C=N–C) groups is 1. The SMILES string of the molecule is CN=C(NCc1coc(-c2ccccc2)n1)NC(C)c1ccc(C)c(F)c1. The standard InChI is InChI=1S/C21H23FN4O/c1-14-9-10-17(11-19(14)22)15(2)25-21(23-3)24-12-18-13-27-20(26-18)16-7-5-4-6-8-16/h4-11,13,15H,12H2,1-3H3,(H2,23,24,25). The van der Waals surface area contributed by atoms with Crippen molar-refractivity contribution in [3.8, 4) is 11.5 Å². The highest BCUT2D eigenvalue weighted by Gasteiger charge is 2.11. The van der Waals surface area contributed by atoms with Gasteiger partial charge in [-0.1, -0.05) is 30.3 Å². The Balaban J connectivity index is 1.59. The maximum absolute atomic E-state index is 13.8. The van der Waals surface area contributed by atoms with E-state index in [1.807, 2.05) is 43.3 Å². The lowest BCUT2D eigenvalue weighted by molar-refractivity contribution is 0.572. The monoisotopic (exact) mass is 366 g/mol. The van der Waals surface area contributed by atoms with E-state index in [9.17, 15) is 4.39 Å². The molecule has 3 rings (SSSR count). The van der Waals surface area contributed by atoms with Crippen LogP contribution in [0, 0.1) is 12.7 Å². The highest BCUT2D eigenvalue weighted by molar-refractivity contribution is 5.80. The van der Waals surface area contributed by atoms with Gasteiger partial charge in [-0.25, -0.2) is 9.37 Å². The minimum Gasteiger partial charge on any atom is -0.444 e. The second-order valence-electron chi connectivity index (χ2n) is 6.31. The Kier molecular flexibility index (Phi) is 5.86. The van der Waals surface area contributed by atoms with Crippen molar-refractivity contribution in [2.24, 2.45) is 4.99 Å². The molecule has 0 aliphatic heterocycles. The fraction of sp³-hybridized carbons (Fsp3) is 0.238. The largest absolute Gasteiger partial charge is 0.444 e. The van der Waals surface area contributed by atoms with Gasteiger partial charge in [0.25, 0.3) is 0 Å². The molecule has 1 heterocycles. The van der Waals surface area contributed by atoms with Gasteiger partial charge in [-0.2, -0.15) is 0 Å². The molecule has 5 nitrogen and oxygen atoms in total. The number of halogens is 1. The van der Waals surface area contributed by atoms with Crippen LogP contribution < -0.4 is 10.6 Å². The third kappa shape index (κ3) is 4.73. The Hall–Kier alpha value is -3.15. The number of guanidine groups is 1. The van der Waals surface area contributed by atoms with Crippen LogP contribution in [-0.4, -0.2) is 18.0 Å². The van der Waals surface area contributed by atoms with Gasteiger partial charge in [-0.05, 0) is 43.2 Å². The number of nitrogens with one attached hydrogen (secondary N) is 2. The maximum atomic E-state index is 13.8. The summed E-state index contributed by atoms with van der Waals surface area (Å²) in [4.78, 5) is 8.70. The first kappa shape index (κ1) is 18.6. The van der Waals surface area contributed by atoms with Crippen LogP contribution in [0.3, 0.4) is 0 Å². The average Bonchev–Trinajstić information content (AvgIpc) is 3.17. The number of hydrogen-bond donors (Lipinski definition) is 2. The predicted molar refractivity (Wildman–Crippen MR) is 105 cm³/mol. The fourth-order valence-corrected chi connectivity index (χ4v) is 2.64. The van der Waals surface area contributed by atoms with E-state index in [2.05, 4.69) is 20.6 Å². The molecule has 2 aromatic carbocycles. The number of rotatable bonds is 5. The van der Waals surface area contributed by atoms with Crippen LogP contribution >= 0.6 is 0 Å². The highest BCUT2D eigenvalue weighted by atomic mass is 19.1. The molecule has 0 saturated carbocycles. The lowest BCUT2D eigenvalue weighted by Crippen LogP contribution is -2.38. The summed E-state index contributed by atoms with van der Waals surface area (Å²) in [6, 6.07) is 14.9. The molecule has 27 heavy (non-hydrogen) atoms. The second-order valence-corrected chi connectivity index (χ2v) is 6.31. The van der Waals surface area contributed by atoms with Crippen LogP contribution in [0.2, 0.25) is 0 Å². The molecule has 1 unspecified atom stereocenters. The van der Waals surface area contributed by atoms with E-state index in [-0.39, 0.29) is 11.9 Å². The number of hydrogen-bond acceptors (Lipinski definition) is 3. The third-order valence-corrected chi connectivity index (χ3v) is 4.28. The predicted octanol–water partition coefficient (Wildman–Crippen LogP) is 4.22. The van der Waals surface area contributed by atoms with Crippen molar-refractivity contribution in [3.05, 3.63) is 77.4 Å². The summed E-state index contributed by atoms with van der Waals surface area (Å²) >= 11 is 0. The van der Waals surface area contributed by atoms with Crippen molar-refractivity contribution in [3.63, 3.8) is 0 Å². The Morgan fingerprint density at radius 3 is 2.70 bits per heavy atom. The Morgan fingerprint density at radius 1 is 1.22 bits per heavy atom. The highest BCUT2D eigenvalue weighted by Crippen LogP contribution is 2.18. The van der Waals surface area contributed by atoms with Crippen molar-refractivity contribution < 1.29 is 8.81 Å². The Bertz CT molecular complexity index is 921. The van der Waals surface area contributed by atoms with Gasteiger partial charge in [-0.3, -0.25) is 4.99 Å². The minimum atomic E-state index is -0.208. The topological polar surface area (TPSA) is 62.5 Å². The van der Waals surface area contributed by atoms with Gasteiger partial charge >= 0.3 is 0 Å². The van der Waals surface area contributed by atoms with Gasteiger partial charge in [0.15, 0.2) is 5.96 Å². The summed E-state index contributed by atoms with van der Waals surface area (Å²) in [6.07, 6.45) is 1.63. The molecule has 0 saturated heterocycles. The quantitative estimate of drug-likeness (QED) is 0.524. The van der Waals surface area contributed by atoms with Crippen LogP contribution in [0.25, 0.3) is 11.5 Å². The lowest BCUT2D eigenvalue weighted by Gasteiger charge is -2.18. The maximum Gasteiger partial charge on any atom is 0.226 e. The fourth-order valence-electron chi connectivity index (χ4n) is 2.64. The number of aryl methyl sites for hydroxylation is 1. The van der Waals surface area contributed by atoms with E-state index in [0.717, 1.165) is 16.8 Å². The van der Waals surface area contributed by atoms with Crippen LogP contribution in [-0.2, 0) is 6.54 Å². The molecular formula is C21H23FN4O. The van der Waals surface area contributed by atoms with Crippen molar-refractivity contribution >= 4 is 5.96 Å². The number of oxazole rings is 1. The van der Waals surface area contributed by atoms with Crippen molar-refractivity contribution in [2.45, 2.75) is 26.4 Å². The first-order chi connectivity index (χ1) is 13.1. The van der Waals surface area contributed by atoms with Crippen molar-refractivity contribution in [1.82, 2.24) is 15.6 Å². The molecule has 6 heteroatoms. The summed E-state index contributed by atoms with van der Waals surface area (Å²) in [5, 5.41) is 6.45. The molecule has 3 aromatic rings. The van der Waals surface area contributed by atoms with Gasteiger partial charge in [0.05, 0.1) is 18.3 Å². The molecule has 2 N–H and O–H groups in total. The number of aromatic nitrogens is 1. The molecule has 0 aliphatic rings. The van der Waals surface area contributed by atoms with E-state index in [4.69, 9.17) is 4.42 Å². The molecular weight excluding hydrogens is 343 g/mol. The first-order valence-electron chi connectivity index (χ1n) is 8.80. The molecule has 140 valence electrons. The van der Waals surface area contributed by atoms with Gasteiger partial charge in [0.1, 0.15) is 12.1 Å². The summed E-state index contributed by atoms with van der Waals surface area (Å²) in [7, 11) is 1.69. The van der Waals surface area contributed by atoms with E-state index < -0.39 is 0 Å². The van der Waals surface area contributed by atoms with Crippen LogP contribution in [0.5, 0.6) is 0 Å². The molecule has 0 aliphatic carbocycles. The molecule has 0 fully saturated rings. The lowest BCUT2D eigenvalue weighted by atomic mass is 10.1. The summed E-state index contributed by atoms with van der Waals surface area (Å²) in [5.74, 6) is 0.978. The number of nitrogens with zero attached hydrogens (tertiary/aromatic N) is 2. The third-order valence-electron chi connectivity index (χ3n) is 4.28. The van der Waals surface area contributed by atoms with E-state index in [0.29, 0.717) is 24.0 Å². The van der Waals surface area contributed by atoms with Crippen LogP contribution in [0.15, 0.2) is 64.2 Å². The number of benzene rings is 2. The van der Waals surface area contributed by atoms with Gasteiger partial charge in [0.2, 0.25) is 5.89 Å². The Morgan fingerprint density at radius 2 is 2.00 bits per heavy atom. The summed E-state index contributed by atoms with van der Waals surface area (Å²) in [5.41, 5.74) is 3.19. The molecule has 1 aromatic heterocycles. The average molecular weight is 366 g/mol. The minimum absolute atomic E-state index is 0.0940. The van der Waals surface area contributed by atoms with Gasteiger partial charge < -0.3 is 15.1 Å². The normalized spacial score (nSPS) is 12.7. The van der Waals surface area contributed by atoms with Crippen molar-refractivity contribution in [2.75, 3.05) is 7.05 Å². The van der Waals surface area contributed by atoms with E-state index in [1.165, 1.54) is 0 Å². The molecule has 0 spiro atoms. The molecule has 1 atom stereocenters. The zero-order valence-corrected chi connectivity index (χ0v) is 15.7. The Labute approximate surface area is 158 Å². The van der Waals surface area contributed by atoms with Crippen LogP contribution in [0.1, 0.15) is 29.8 Å². The van der Waals surface area contributed by atoms with E-state index >= 15 is 0 Å². The van der Waals surface area contributed by atoms with Gasteiger partial charge in [-0.15, -0.1) is 0 Å². The molecule has 0 bridgehead atoms.